The number of nitrogens with zero attached hydrogens (tertiary/aromatic N) is 1. The summed E-state index contributed by atoms with van der Waals surface area (Å²) in [6, 6.07) is 9.29. The highest BCUT2D eigenvalue weighted by Crippen LogP contribution is 2.22. The molecule has 1 aromatic carbocycles. The molecule has 1 aliphatic heterocycles. The molecule has 0 aliphatic carbocycles. The van der Waals surface area contributed by atoms with Crippen LogP contribution in [0.5, 0.6) is 0 Å². The van der Waals surface area contributed by atoms with Gasteiger partial charge in [0, 0.05) is 29.9 Å². The predicted octanol–water partition coefficient (Wildman–Crippen LogP) is 3.14. The van der Waals surface area contributed by atoms with Gasteiger partial charge in [0.15, 0.2) is 0 Å². The fourth-order valence-electron chi connectivity index (χ4n) is 2.48. The zero-order valence-corrected chi connectivity index (χ0v) is 11.5. The minimum atomic E-state index is 0.683. The van der Waals surface area contributed by atoms with E-state index in [1.54, 1.807) is 0 Å². The first-order chi connectivity index (χ1) is 8.84. The van der Waals surface area contributed by atoms with Gasteiger partial charge >= 0.3 is 0 Å². The predicted molar refractivity (Wildman–Crippen MR) is 79.0 cm³/mol. The molecule has 1 atom stereocenters. The van der Waals surface area contributed by atoms with Crippen LogP contribution in [0.2, 0.25) is 0 Å². The van der Waals surface area contributed by atoms with Crippen LogP contribution in [0.4, 0.5) is 0 Å². The van der Waals surface area contributed by atoms with E-state index in [4.69, 9.17) is 0 Å². The van der Waals surface area contributed by atoms with E-state index in [2.05, 4.69) is 35.4 Å². The molecule has 18 heavy (non-hydrogen) atoms. The molecule has 1 N–H and O–H groups in total. The van der Waals surface area contributed by atoms with Crippen LogP contribution in [0.15, 0.2) is 30.5 Å². The van der Waals surface area contributed by atoms with Crippen LogP contribution in [0.25, 0.3) is 10.9 Å². The Kier molecular flexibility index (Phi) is 3.52. The van der Waals surface area contributed by atoms with E-state index in [1.165, 1.54) is 34.4 Å². The molecule has 1 aliphatic rings. The number of fused-ring (bicyclic) bond motifs is 1. The SMILES string of the molecule is Cc1ccc(CNC2CCSC2)c2cccnc12. The Hall–Kier alpha value is -1.06. The highest BCUT2D eigenvalue weighted by Gasteiger charge is 2.14. The van der Waals surface area contributed by atoms with E-state index >= 15 is 0 Å². The third-order valence-corrected chi connectivity index (χ3v) is 4.74. The Morgan fingerprint density at radius 3 is 3.17 bits per heavy atom. The van der Waals surface area contributed by atoms with Gasteiger partial charge in [0.25, 0.3) is 0 Å². The fourth-order valence-corrected chi connectivity index (χ4v) is 3.66. The summed E-state index contributed by atoms with van der Waals surface area (Å²) in [5.74, 6) is 2.55. The summed E-state index contributed by atoms with van der Waals surface area (Å²) in [5, 5.41) is 4.95. The monoisotopic (exact) mass is 258 g/mol. The summed E-state index contributed by atoms with van der Waals surface area (Å²) in [4.78, 5) is 4.49. The summed E-state index contributed by atoms with van der Waals surface area (Å²) in [7, 11) is 0. The molecular formula is C15H18N2S. The molecule has 1 fully saturated rings. The molecule has 1 aromatic heterocycles. The Bertz CT molecular complexity index is 547. The maximum Gasteiger partial charge on any atom is 0.0734 e. The molecule has 2 nitrogen and oxygen atoms in total. The highest BCUT2D eigenvalue weighted by molar-refractivity contribution is 7.99. The van der Waals surface area contributed by atoms with Gasteiger partial charge in [0.1, 0.15) is 0 Å². The zero-order valence-electron chi connectivity index (χ0n) is 10.6. The number of benzene rings is 1. The third kappa shape index (κ3) is 2.38. The van der Waals surface area contributed by atoms with Crippen molar-refractivity contribution >= 4 is 22.7 Å². The van der Waals surface area contributed by atoms with Gasteiger partial charge in [-0.2, -0.15) is 11.8 Å². The van der Waals surface area contributed by atoms with Crippen LogP contribution in [0.1, 0.15) is 17.5 Å². The van der Waals surface area contributed by atoms with E-state index in [0.29, 0.717) is 6.04 Å². The fraction of sp³-hybridized carbons (Fsp3) is 0.400. The molecule has 2 aromatic rings. The number of hydrogen-bond acceptors (Lipinski definition) is 3. The van der Waals surface area contributed by atoms with Crippen molar-refractivity contribution in [1.82, 2.24) is 10.3 Å². The Balaban J connectivity index is 1.85. The summed E-state index contributed by atoms with van der Waals surface area (Å²) < 4.78 is 0. The molecule has 3 rings (SSSR count). The minimum Gasteiger partial charge on any atom is -0.309 e. The Morgan fingerprint density at radius 1 is 1.39 bits per heavy atom. The van der Waals surface area contributed by atoms with Crippen molar-refractivity contribution in [2.45, 2.75) is 25.9 Å². The van der Waals surface area contributed by atoms with Crippen molar-refractivity contribution in [3.8, 4) is 0 Å². The molecular weight excluding hydrogens is 240 g/mol. The average Bonchev–Trinajstić information content (AvgIpc) is 2.92. The van der Waals surface area contributed by atoms with Crippen molar-refractivity contribution < 1.29 is 0 Å². The number of hydrogen-bond donors (Lipinski definition) is 1. The number of thioether (sulfide) groups is 1. The number of nitrogens with one attached hydrogen (secondary N) is 1. The normalized spacial score (nSPS) is 19.5. The molecule has 2 heterocycles. The number of aromatic nitrogens is 1. The standard InChI is InChI=1S/C15H18N2S/c1-11-4-5-12(9-17-13-6-8-18-10-13)14-3-2-7-16-15(11)14/h2-5,7,13,17H,6,8-10H2,1H3. The molecule has 3 heteroatoms. The van der Waals surface area contributed by atoms with Crippen molar-refractivity contribution in [3.63, 3.8) is 0 Å². The van der Waals surface area contributed by atoms with Crippen molar-refractivity contribution in [3.05, 3.63) is 41.6 Å². The van der Waals surface area contributed by atoms with E-state index in [-0.39, 0.29) is 0 Å². The average molecular weight is 258 g/mol. The van der Waals surface area contributed by atoms with Gasteiger partial charge in [-0.3, -0.25) is 4.98 Å². The van der Waals surface area contributed by atoms with Gasteiger partial charge in [0.2, 0.25) is 0 Å². The Labute approximate surface area is 112 Å². The van der Waals surface area contributed by atoms with Gasteiger partial charge in [0.05, 0.1) is 5.52 Å². The maximum absolute atomic E-state index is 4.49. The molecule has 0 spiro atoms. The van der Waals surface area contributed by atoms with Gasteiger partial charge in [-0.15, -0.1) is 0 Å². The van der Waals surface area contributed by atoms with Crippen LogP contribution in [0, 0.1) is 6.92 Å². The maximum atomic E-state index is 4.49. The summed E-state index contributed by atoms with van der Waals surface area (Å²) in [6.45, 7) is 3.08. The first-order valence-corrected chi connectivity index (χ1v) is 7.64. The summed E-state index contributed by atoms with van der Waals surface area (Å²) in [5.41, 5.74) is 3.75. The summed E-state index contributed by atoms with van der Waals surface area (Å²) in [6.07, 6.45) is 3.17. The minimum absolute atomic E-state index is 0.683. The molecule has 0 radical (unpaired) electrons. The van der Waals surface area contributed by atoms with Crippen molar-refractivity contribution in [2.75, 3.05) is 11.5 Å². The van der Waals surface area contributed by atoms with Gasteiger partial charge < -0.3 is 5.32 Å². The Morgan fingerprint density at radius 2 is 2.33 bits per heavy atom. The van der Waals surface area contributed by atoms with E-state index in [9.17, 15) is 0 Å². The zero-order chi connectivity index (χ0) is 12.4. The first-order valence-electron chi connectivity index (χ1n) is 6.49. The van der Waals surface area contributed by atoms with Crippen LogP contribution in [-0.4, -0.2) is 22.5 Å². The lowest BCUT2D eigenvalue weighted by atomic mass is 10.0. The number of pyridine rings is 1. The molecule has 94 valence electrons. The van der Waals surface area contributed by atoms with E-state index in [0.717, 1.165) is 12.1 Å². The van der Waals surface area contributed by atoms with Gasteiger partial charge in [-0.25, -0.2) is 0 Å². The van der Waals surface area contributed by atoms with Crippen LogP contribution in [0.3, 0.4) is 0 Å². The van der Waals surface area contributed by atoms with E-state index in [1.807, 2.05) is 24.0 Å². The summed E-state index contributed by atoms with van der Waals surface area (Å²) >= 11 is 2.05. The van der Waals surface area contributed by atoms with Gasteiger partial charge in [-0.1, -0.05) is 18.2 Å². The van der Waals surface area contributed by atoms with Crippen LogP contribution >= 0.6 is 11.8 Å². The molecule has 0 saturated carbocycles. The smallest absolute Gasteiger partial charge is 0.0734 e. The lowest BCUT2D eigenvalue weighted by Crippen LogP contribution is -2.28. The largest absolute Gasteiger partial charge is 0.309 e. The van der Waals surface area contributed by atoms with Crippen molar-refractivity contribution in [2.24, 2.45) is 0 Å². The number of aryl methyl sites for hydroxylation is 1. The third-order valence-electron chi connectivity index (χ3n) is 3.57. The molecule has 0 amide bonds. The van der Waals surface area contributed by atoms with Crippen LogP contribution < -0.4 is 5.32 Å². The second-order valence-corrected chi connectivity index (χ2v) is 6.03. The van der Waals surface area contributed by atoms with E-state index < -0.39 is 0 Å². The molecule has 1 unspecified atom stereocenters. The lowest BCUT2D eigenvalue weighted by molar-refractivity contribution is 0.559. The topological polar surface area (TPSA) is 24.9 Å². The molecule has 1 saturated heterocycles. The second-order valence-electron chi connectivity index (χ2n) is 4.88. The lowest BCUT2D eigenvalue weighted by Gasteiger charge is -2.13. The molecule has 0 bridgehead atoms. The van der Waals surface area contributed by atoms with Crippen LogP contribution in [-0.2, 0) is 6.54 Å². The van der Waals surface area contributed by atoms with Crippen molar-refractivity contribution in [1.29, 1.82) is 0 Å². The first kappa shape index (κ1) is 12.0. The quantitative estimate of drug-likeness (QED) is 0.915. The second kappa shape index (κ2) is 5.29. The number of rotatable bonds is 3. The highest BCUT2D eigenvalue weighted by atomic mass is 32.2. The van der Waals surface area contributed by atoms with Gasteiger partial charge in [-0.05, 0) is 36.3 Å².